The lowest BCUT2D eigenvalue weighted by atomic mass is 9.88. The van der Waals surface area contributed by atoms with Gasteiger partial charge in [-0.1, -0.05) is 20.8 Å². The lowest BCUT2D eigenvalue weighted by molar-refractivity contribution is -0.561. The molecule has 2 unspecified atom stereocenters. The molecule has 12 heavy (non-hydrogen) atoms. The second-order valence-corrected chi connectivity index (χ2v) is 4.82. The summed E-state index contributed by atoms with van der Waals surface area (Å²) >= 11 is 0. The van der Waals surface area contributed by atoms with Crippen molar-refractivity contribution in [3.05, 3.63) is 0 Å². The number of hydrogen-bond acceptors (Lipinski definition) is 3. The van der Waals surface area contributed by atoms with Gasteiger partial charge in [0.25, 0.3) is 0 Å². The van der Waals surface area contributed by atoms with Gasteiger partial charge in [0.2, 0.25) is 5.79 Å². The Morgan fingerprint density at radius 3 is 2.25 bits per heavy atom. The maximum absolute atomic E-state index is 9.42. The quantitative estimate of drug-likeness (QED) is 0.649. The monoisotopic (exact) mass is 174 g/mol. The molecule has 0 aromatic carbocycles. The van der Waals surface area contributed by atoms with Crippen LogP contribution < -0.4 is 0 Å². The Labute approximate surface area is 73.6 Å². The summed E-state index contributed by atoms with van der Waals surface area (Å²) < 4.78 is 0. The first-order chi connectivity index (χ1) is 5.31. The predicted octanol–water partition coefficient (Wildman–Crippen LogP) is 1.85. The van der Waals surface area contributed by atoms with E-state index in [1.165, 1.54) is 0 Å². The van der Waals surface area contributed by atoms with Crippen molar-refractivity contribution in [3.63, 3.8) is 0 Å². The van der Waals surface area contributed by atoms with Crippen LogP contribution in [0, 0.1) is 5.41 Å². The van der Waals surface area contributed by atoms with E-state index < -0.39 is 5.79 Å². The highest BCUT2D eigenvalue weighted by molar-refractivity contribution is 4.79. The van der Waals surface area contributed by atoms with E-state index in [2.05, 4.69) is 25.7 Å². The van der Waals surface area contributed by atoms with E-state index in [1.54, 1.807) is 6.92 Å². The molecular weight excluding hydrogens is 156 g/mol. The van der Waals surface area contributed by atoms with Gasteiger partial charge in [0, 0.05) is 0 Å². The molecule has 3 nitrogen and oxygen atoms in total. The molecule has 1 heterocycles. The van der Waals surface area contributed by atoms with Crippen LogP contribution in [0.1, 0.15) is 40.5 Å². The minimum Gasteiger partial charge on any atom is -0.361 e. The molecule has 0 aromatic heterocycles. The third kappa shape index (κ3) is 2.44. The van der Waals surface area contributed by atoms with E-state index in [0.717, 1.165) is 12.8 Å². The maximum Gasteiger partial charge on any atom is 0.226 e. The highest BCUT2D eigenvalue weighted by Crippen LogP contribution is 2.33. The Morgan fingerprint density at radius 1 is 1.42 bits per heavy atom. The van der Waals surface area contributed by atoms with Crippen LogP contribution in [0.15, 0.2) is 0 Å². The molecule has 0 aliphatic carbocycles. The van der Waals surface area contributed by atoms with Crippen molar-refractivity contribution in [1.29, 1.82) is 0 Å². The van der Waals surface area contributed by atoms with Crippen LogP contribution in [0.25, 0.3) is 0 Å². The fraction of sp³-hybridized carbons (Fsp3) is 1.00. The standard InChI is InChI=1S/C9H18O3/c1-8(2,3)6-5-7-9(4,10)12-11-7/h7,10H,5-6H2,1-4H3. The van der Waals surface area contributed by atoms with Gasteiger partial charge in [0.15, 0.2) is 0 Å². The summed E-state index contributed by atoms with van der Waals surface area (Å²) in [6.45, 7) is 8.13. The van der Waals surface area contributed by atoms with Gasteiger partial charge in [0.1, 0.15) is 6.10 Å². The minimum atomic E-state index is -1.06. The minimum absolute atomic E-state index is 0.156. The summed E-state index contributed by atoms with van der Waals surface area (Å²) in [7, 11) is 0. The average Bonchev–Trinajstić information content (AvgIpc) is 1.83. The van der Waals surface area contributed by atoms with Crippen molar-refractivity contribution < 1.29 is 14.9 Å². The fourth-order valence-corrected chi connectivity index (χ4v) is 1.14. The van der Waals surface area contributed by atoms with Crippen LogP contribution in [0.5, 0.6) is 0 Å². The molecule has 1 saturated heterocycles. The Morgan fingerprint density at radius 2 is 2.00 bits per heavy atom. The molecule has 1 aliphatic rings. The second kappa shape index (κ2) is 2.98. The van der Waals surface area contributed by atoms with Crippen molar-refractivity contribution in [1.82, 2.24) is 0 Å². The summed E-state index contributed by atoms with van der Waals surface area (Å²) in [5, 5.41) is 9.42. The highest BCUT2D eigenvalue weighted by Gasteiger charge is 2.45. The largest absolute Gasteiger partial charge is 0.361 e. The summed E-state index contributed by atoms with van der Waals surface area (Å²) in [4.78, 5) is 9.34. The average molecular weight is 174 g/mol. The number of hydrogen-bond donors (Lipinski definition) is 1. The van der Waals surface area contributed by atoms with E-state index in [-0.39, 0.29) is 11.5 Å². The van der Waals surface area contributed by atoms with Crippen LogP contribution >= 0.6 is 0 Å². The van der Waals surface area contributed by atoms with Gasteiger partial charge in [-0.25, -0.2) is 4.89 Å². The zero-order chi connectivity index (χ0) is 9.41. The molecular formula is C9H18O3. The first-order valence-electron chi connectivity index (χ1n) is 4.38. The third-order valence-electron chi connectivity index (χ3n) is 2.09. The van der Waals surface area contributed by atoms with E-state index in [1.807, 2.05) is 0 Å². The molecule has 1 rings (SSSR count). The molecule has 72 valence electrons. The van der Waals surface area contributed by atoms with E-state index in [4.69, 9.17) is 4.89 Å². The van der Waals surface area contributed by atoms with Gasteiger partial charge in [-0.3, -0.25) is 0 Å². The Balaban J connectivity index is 2.25. The van der Waals surface area contributed by atoms with Gasteiger partial charge < -0.3 is 5.11 Å². The van der Waals surface area contributed by atoms with Crippen molar-refractivity contribution in [2.24, 2.45) is 5.41 Å². The lowest BCUT2D eigenvalue weighted by Gasteiger charge is -2.40. The summed E-state index contributed by atoms with van der Waals surface area (Å²) in [6.07, 6.45) is 1.71. The molecule has 0 aromatic rings. The van der Waals surface area contributed by atoms with Crippen LogP contribution in [-0.2, 0) is 9.78 Å². The van der Waals surface area contributed by atoms with E-state index in [9.17, 15) is 5.11 Å². The fourth-order valence-electron chi connectivity index (χ4n) is 1.14. The maximum atomic E-state index is 9.42. The predicted molar refractivity (Wildman–Crippen MR) is 45.3 cm³/mol. The van der Waals surface area contributed by atoms with Crippen LogP contribution in [0.2, 0.25) is 0 Å². The third-order valence-corrected chi connectivity index (χ3v) is 2.09. The Bertz CT molecular complexity index is 158. The zero-order valence-electron chi connectivity index (χ0n) is 8.26. The Kier molecular flexibility index (Phi) is 2.47. The van der Waals surface area contributed by atoms with Crippen LogP contribution in [0.4, 0.5) is 0 Å². The SMILES string of the molecule is CC(C)(C)CCC1OOC1(C)O. The molecule has 0 radical (unpaired) electrons. The van der Waals surface area contributed by atoms with Gasteiger partial charge in [-0.15, -0.1) is 0 Å². The first-order valence-corrected chi connectivity index (χ1v) is 4.38. The summed E-state index contributed by atoms with van der Waals surface area (Å²) in [5.41, 5.74) is 0.287. The van der Waals surface area contributed by atoms with Crippen molar-refractivity contribution in [2.45, 2.75) is 52.4 Å². The van der Waals surface area contributed by atoms with Crippen molar-refractivity contribution in [3.8, 4) is 0 Å². The van der Waals surface area contributed by atoms with Crippen LogP contribution in [0.3, 0.4) is 0 Å². The van der Waals surface area contributed by atoms with Gasteiger partial charge >= 0.3 is 0 Å². The Hall–Kier alpha value is -0.120. The van der Waals surface area contributed by atoms with Crippen molar-refractivity contribution >= 4 is 0 Å². The first kappa shape index (κ1) is 9.96. The van der Waals surface area contributed by atoms with Crippen molar-refractivity contribution in [2.75, 3.05) is 0 Å². The summed E-state index contributed by atoms with van der Waals surface area (Å²) in [6, 6.07) is 0. The molecule has 3 heteroatoms. The smallest absolute Gasteiger partial charge is 0.226 e. The van der Waals surface area contributed by atoms with E-state index >= 15 is 0 Å². The molecule has 1 fully saturated rings. The molecule has 1 aliphatic heterocycles. The zero-order valence-corrected chi connectivity index (χ0v) is 8.26. The molecule has 0 bridgehead atoms. The summed E-state index contributed by atoms with van der Waals surface area (Å²) in [5.74, 6) is -1.06. The molecule has 2 atom stereocenters. The van der Waals surface area contributed by atoms with Crippen LogP contribution in [-0.4, -0.2) is 17.0 Å². The van der Waals surface area contributed by atoms with Gasteiger partial charge in [0.05, 0.1) is 0 Å². The molecule has 1 N–H and O–H groups in total. The van der Waals surface area contributed by atoms with Gasteiger partial charge in [-0.2, -0.15) is 4.89 Å². The molecule has 0 spiro atoms. The van der Waals surface area contributed by atoms with E-state index in [0.29, 0.717) is 0 Å². The molecule has 0 saturated carbocycles. The van der Waals surface area contributed by atoms with Gasteiger partial charge in [-0.05, 0) is 25.2 Å². The highest BCUT2D eigenvalue weighted by atomic mass is 17.3. The second-order valence-electron chi connectivity index (χ2n) is 4.82. The number of aliphatic hydroxyl groups is 1. The molecule has 0 amide bonds. The number of rotatable bonds is 2. The topological polar surface area (TPSA) is 38.7 Å². The normalized spacial score (nSPS) is 36.2. The lowest BCUT2D eigenvalue weighted by Crippen LogP contribution is -2.54.